The summed E-state index contributed by atoms with van der Waals surface area (Å²) in [6.45, 7) is 4.04. The lowest BCUT2D eigenvalue weighted by Crippen LogP contribution is -2.37. The summed E-state index contributed by atoms with van der Waals surface area (Å²) < 4.78 is 16.7. The van der Waals surface area contributed by atoms with E-state index in [1.807, 2.05) is 24.4 Å². The SMILES string of the molecule is O=C(NC1CCN(c2nccc(C3CCOCC3)n2)C1)c1cccc2c1OCCO2. The average molecular weight is 410 g/mol. The van der Waals surface area contributed by atoms with Crippen LogP contribution >= 0.6 is 0 Å². The maximum Gasteiger partial charge on any atom is 0.255 e. The van der Waals surface area contributed by atoms with Gasteiger partial charge in [0.05, 0.1) is 5.56 Å². The molecule has 2 aromatic rings. The van der Waals surface area contributed by atoms with Crippen molar-refractivity contribution in [2.75, 3.05) is 44.4 Å². The van der Waals surface area contributed by atoms with Crippen LogP contribution in [0.3, 0.4) is 0 Å². The van der Waals surface area contributed by atoms with Crippen LogP contribution in [0.4, 0.5) is 5.95 Å². The molecule has 8 heteroatoms. The first-order valence-electron chi connectivity index (χ1n) is 10.6. The molecule has 4 heterocycles. The quantitative estimate of drug-likeness (QED) is 0.827. The molecule has 3 aliphatic heterocycles. The first-order chi connectivity index (χ1) is 14.8. The Bertz CT molecular complexity index is 916. The van der Waals surface area contributed by atoms with Crippen LogP contribution in [-0.2, 0) is 4.74 Å². The van der Waals surface area contributed by atoms with Gasteiger partial charge in [-0.2, -0.15) is 0 Å². The van der Waals surface area contributed by atoms with E-state index in [1.165, 1.54) is 0 Å². The smallest absolute Gasteiger partial charge is 0.255 e. The highest BCUT2D eigenvalue weighted by molar-refractivity contribution is 5.98. The maximum absolute atomic E-state index is 12.9. The molecular weight excluding hydrogens is 384 g/mol. The number of anilines is 1. The average Bonchev–Trinajstić information content (AvgIpc) is 3.28. The van der Waals surface area contributed by atoms with E-state index in [1.54, 1.807) is 6.07 Å². The minimum Gasteiger partial charge on any atom is -0.486 e. The van der Waals surface area contributed by atoms with Crippen LogP contribution in [0.15, 0.2) is 30.5 Å². The van der Waals surface area contributed by atoms with Crippen LogP contribution in [0.2, 0.25) is 0 Å². The molecule has 0 bridgehead atoms. The van der Waals surface area contributed by atoms with Crippen LogP contribution < -0.4 is 19.7 Å². The Morgan fingerprint density at radius 1 is 1.07 bits per heavy atom. The van der Waals surface area contributed by atoms with Gasteiger partial charge >= 0.3 is 0 Å². The van der Waals surface area contributed by atoms with Gasteiger partial charge in [-0.25, -0.2) is 9.97 Å². The minimum absolute atomic E-state index is 0.0354. The highest BCUT2D eigenvalue weighted by atomic mass is 16.6. The number of carbonyl (C=O) groups is 1. The van der Waals surface area contributed by atoms with Gasteiger partial charge in [0.1, 0.15) is 13.2 Å². The van der Waals surface area contributed by atoms with Crippen LogP contribution in [0.1, 0.15) is 41.2 Å². The number of para-hydroxylation sites is 1. The second-order valence-corrected chi connectivity index (χ2v) is 7.90. The number of ether oxygens (including phenoxy) is 3. The number of rotatable bonds is 4. The fourth-order valence-corrected chi connectivity index (χ4v) is 4.31. The number of nitrogens with one attached hydrogen (secondary N) is 1. The molecule has 2 fully saturated rings. The maximum atomic E-state index is 12.9. The molecule has 3 aliphatic rings. The van der Waals surface area contributed by atoms with Gasteiger partial charge in [-0.1, -0.05) is 6.07 Å². The number of benzene rings is 1. The molecule has 0 aliphatic carbocycles. The second kappa shape index (κ2) is 8.47. The van der Waals surface area contributed by atoms with Gasteiger partial charge in [0.25, 0.3) is 5.91 Å². The number of hydrogen-bond donors (Lipinski definition) is 1. The molecule has 1 N–H and O–H groups in total. The van der Waals surface area contributed by atoms with Crippen molar-refractivity contribution < 1.29 is 19.0 Å². The lowest BCUT2D eigenvalue weighted by Gasteiger charge is -2.23. The molecular formula is C22H26N4O4. The number of carbonyl (C=O) groups excluding carboxylic acids is 1. The van der Waals surface area contributed by atoms with E-state index in [-0.39, 0.29) is 11.9 Å². The highest BCUT2D eigenvalue weighted by Crippen LogP contribution is 2.33. The first kappa shape index (κ1) is 19.1. The lowest BCUT2D eigenvalue weighted by atomic mass is 9.96. The number of hydrogen-bond acceptors (Lipinski definition) is 7. The molecule has 8 nitrogen and oxygen atoms in total. The summed E-state index contributed by atoms with van der Waals surface area (Å²) >= 11 is 0. The fraction of sp³-hybridized carbons (Fsp3) is 0.500. The van der Waals surface area contributed by atoms with Crippen LogP contribution in [0.25, 0.3) is 0 Å². The summed E-state index contributed by atoms with van der Waals surface area (Å²) in [5.41, 5.74) is 1.60. The van der Waals surface area contributed by atoms with Crippen molar-refractivity contribution >= 4 is 11.9 Å². The number of aromatic nitrogens is 2. The van der Waals surface area contributed by atoms with E-state index >= 15 is 0 Å². The largest absolute Gasteiger partial charge is 0.486 e. The van der Waals surface area contributed by atoms with Crippen molar-refractivity contribution in [3.05, 3.63) is 41.7 Å². The molecule has 0 saturated carbocycles. The molecule has 30 heavy (non-hydrogen) atoms. The zero-order valence-electron chi connectivity index (χ0n) is 16.9. The Morgan fingerprint density at radius 2 is 1.93 bits per heavy atom. The summed E-state index contributed by atoms with van der Waals surface area (Å²) in [4.78, 5) is 24.3. The van der Waals surface area contributed by atoms with E-state index in [4.69, 9.17) is 19.2 Å². The van der Waals surface area contributed by atoms with E-state index in [0.29, 0.717) is 42.7 Å². The molecule has 2 saturated heterocycles. The molecule has 1 aromatic carbocycles. The van der Waals surface area contributed by atoms with Gasteiger partial charge < -0.3 is 24.4 Å². The topological polar surface area (TPSA) is 85.8 Å². The molecule has 5 rings (SSSR count). The van der Waals surface area contributed by atoms with E-state index < -0.39 is 0 Å². The summed E-state index contributed by atoms with van der Waals surface area (Å²) in [7, 11) is 0. The van der Waals surface area contributed by atoms with Crippen LogP contribution in [0.5, 0.6) is 11.5 Å². The zero-order chi connectivity index (χ0) is 20.3. The van der Waals surface area contributed by atoms with Crippen LogP contribution in [0, 0.1) is 0 Å². The van der Waals surface area contributed by atoms with Crippen molar-refractivity contribution in [2.24, 2.45) is 0 Å². The summed E-state index contributed by atoms with van der Waals surface area (Å²) in [6, 6.07) is 7.46. The summed E-state index contributed by atoms with van der Waals surface area (Å²) in [5, 5.41) is 3.13. The first-order valence-corrected chi connectivity index (χ1v) is 10.6. The Kier molecular flexibility index (Phi) is 5.40. The van der Waals surface area contributed by atoms with Gasteiger partial charge in [0, 0.05) is 50.2 Å². The molecule has 1 unspecified atom stereocenters. The summed E-state index contributed by atoms with van der Waals surface area (Å²) in [5.74, 6) is 2.19. The highest BCUT2D eigenvalue weighted by Gasteiger charge is 2.28. The lowest BCUT2D eigenvalue weighted by molar-refractivity contribution is 0.0845. The molecule has 0 radical (unpaired) electrons. The molecule has 1 atom stereocenters. The Hall–Kier alpha value is -2.87. The van der Waals surface area contributed by atoms with Crippen molar-refractivity contribution in [3.8, 4) is 11.5 Å². The van der Waals surface area contributed by atoms with Gasteiger partial charge in [0.15, 0.2) is 11.5 Å². The molecule has 1 aromatic heterocycles. The third-order valence-electron chi connectivity index (χ3n) is 5.92. The van der Waals surface area contributed by atoms with Gasteiger partial charge in [-0.05, 0) is 37.5 Å². The number of nitrogens with zero attached hydrogens (tertiary/aromatic N) is 3. The Balaban J connectivity index is 1.24. The zero-order valence-corrected chi connectivity index (χ0v) is 16.9. The van der Waals surface area contributed by atoms with Crippen molar-refractivity contribution in [3.63, 3.8) is 0 Å². The standard InChI is InChI=1S/C22H26N4O4/c27-21(17-2-1-3-19-20(17)30-13-12-29-19)24-16-5-9-26(14-16)22-23-8-4-18(25-22)15-6-10-28-11-7-15/h1-4,8,15-16H,5-7,9-14H2,(H,24,27). The minimum atomic E-state index is -0.138. The molecule has 1 amide bonds. The molecule has 158 valence electrons. The fourth-order valence-electron chi connectivity index (χ4n) is 4.31. The van der Waals surface area contributed by atoms with Gasteiger partial charge in [0.2, 0.25) is 5.95 Å². The van der Waals surface area contributed by atoms with E-state index in [9.17, 15) is 4.79 Å². The van der Waals surface area contributed by atoms with E-state index in [2.05, 4.69) is 15.2 Å². The van der Waals surface area contributed by atoms with Crippen molar-refractivity contribution in [2.45, 2.75) is 31.2 Å². The van der Waals surface area contributed by atoms with Crippen LogP contribution in [-0.4, -0.2) is 61.4 Å². The van der Waals surface area contributed by atoms with Gasteiger partial charge in [-0.15, -0.1) is 0 Å². The third-order valence-corrected chi connectivity index (χ3v) is 5.92. The number of amides is 1. The summed E-state index contributed by atoms with van der Waals surface area (Å²) in [6.07, 6.45) is 4.69. The molecule has 0 spiro atoms. The number of fused-ring (bicyclic) bond motifs is 1. The van der Waals surface area contributed by atoms with Crippen molar-refractivity contribution in [1.82, 2.24) is 15.3 Å². The Labute approximate surface area is 175 Å². The predicted octanol–water partition coefficient (Wildman–Crippen LogP) is 2.15. The second-order valence-electron chi connectivity index (χ2n) is 7.90. The van der Waals surface area contributed by atoms with E-state index in [0.717, 1.165) is 50.7 Å². The van der Waals surface area contributed by atoms with Gasteiger partial charge in [-0.3, -0.25) is 4.79 Å². The monoisotopic (exact) mass is 410 g/mol. The van der Waals surface area contributed by atoms with Crippen molar-refractivity contribution in [1.29, 1.82) is 0 Å². The predicted molar refractivity (Wildman–Crippen MR) is 110 cm³/mol. The Morgan fingerprint density at radius 3 is 2.83 bits per heavy atom. The third kappa shape index (κ3) is 3.92. The normalized spacial score (nSPS) is 21.5.